The number of rotatable bonds is 5. The summed E-state index contributed by atoms with van der Waals surface area (Å²) >= 11 is 3.62. The Kier molecular flexibility index (Phi) is 5.56. The van der Waals surface area contributed by atoms with Gasteiger partial charge in [-0.25, -0.2) is 0 Å². The summed E-state index contributed by atoms with van der Waals surface area (Å²) in [5.41, 5.74) is 1.22. The summed E-state index contributed by atoms with van der Waals surface area (Å²) in [4.78, 5) is 0.301. The molecule has 0 saturated carbocycles. The Morgan fingerprint density at radius 2 is 1.88 bits per heavy atom. The van der Waals surface area contributed by atoms with E-state index in [0.29, 0.717) is 4.83 Å². The minimum absolute atomic E-state index is 0.301. The monoisotopic (exact) mass is 300 g/mol. The normalized spacial score (nSPS) is 22.8. The molecule has 1 aliphatic rings. The molecule has 1 rings (SSSR count). The molecule has 1 aliphatic carbocycles. The van der Waals surface area contributed by atoms with Gasteiger partial charge in [0.1, 0.15) is 0 Å². The van der Waals surface area contributed by atoms with Gasteiger partial charge in [0.15, 0.2) is 0 Å². The van der Waals surface area contributed by atoms with Gasteiger partial charge in [0, 0.05) is 5.57 Å². The van der Waals surface area contributed by atoms with Gasteiger partial charge in [0.2, 0.25) is 8.32 Å². The van der Waals surface area contributed by atoms with Crippen molar-refractivity contribution < 1.29 is 4.43 Å². The average Bonchev–Trinajstić information content (AvgIpc) is 2.34. The van der Waals surface area contributed by atoms with Gasteiger partial charge in [-0.05, 0) is 18.1 Å². The topological polar surface area (TPSA) is 9.23 Å². The predicted molar refractivity (Wildman–Crippen MR) is 77.4 cm³/mol. The zero-order chi connectivity index (χ0) is 12.0. The lowest BCUT2D eigenvalue weighted by Gasteiger charge is -2.27. The van der Waals surface area contributed by atoms with Crippen LogP contribution < -0.4 is 0 Å². The highest BCUT2D eigenvalue weighted by molar-refractivity contribution is 9.09. The van der Waals surface area contributed by atoms with E-state index in [4.69, 9.17) is 4.43 Å². The highest BCUT2D eigenvalue weighted by Gasteiger charge is 2.29. The van der Waals surface area contributed by atoms with E-state index in [9.17, 15) is 0 Å². The van der Waals surface area contributed by atoms with E-state index in [1.807, 2.05) is 6.26 Å². The molecule has 1 nitrogen and oxygen atoms in total. The maximum Gasteiger partial charge on any atom is 0.249 e. The maximum atomic E-state index is 6.15. The van der Waals surface area contributed by atoms with Crippen molar-refractivity contribution in [2.45, 2.75) is 43.7 Å². The van der Waals surface area contributed by atoms with Gasteiger partial charge in [0.25, 0.3) is 0 Å². The van der Waals surface area contributed by atoms with Crippen molar-refractivity contribution in [3.05, 3.63) is 36.1 Å². The average molecular weight is 301 g/mol. The number of allylic oxidation sites excluding steroid dienone is 5. The van der Waals surface area contributed by atoms with Crippen molar-refractivity contribution >= 4 is 24.2 Å². The van der Waals surface area contributed by atoms with Crippen molar-refractivity contribution in [2.75, 3.05) is 0 Å². The smallest absolute Gasteiger partial charge is 0.249 e. The first-order valence-electron chi connectivity index (χ1n) is 6.04. The van der Waals surface area contributed by atoms with Crippen LogP contribution in [0.4, 0.5) is 0 Å². The zero-order valence-electron chi connectivity index (χ0n) is 10.4. The van der Waals surface area contributed by atoms with Gasteiger partial charge >= 0.3 is 0 Å². The summed E-state index contributed by atoms with van der Waals surface area (Å²) < 4.78 is 6.15. The van der Waals surface area contributed by atoms with E-state index in [1.165, 1.54) is 23.7 Å². The second-order valence-electron chi connectivity index (χ2n) is 4.13. The SMILES string of the molecule is CC[Si](CC)(CC)OC=C1C=CC=CC1Br. The van der Waals surface area contributed by atoms with E-state index >= 15 is 0 Å². The molecule has 0 radical (unpaired) electrons. The van der Waals surface area contributed by atoms with Crippen LogP contribution in [-0.4, -0.2) is 13.1 Å². The molecular formula is C13H21BrOSi. The summed E-state index contributed by atoms with van der Waals surface area (Å²) in [7, 11) is -1.49. The summed E-state index contributed by atoms with van der Waals surface area (Å²) in [6, 6.07) is 3.57. The maximum absolute atomic E-state index is 6.15. The molecule has 0 spiro atoms. The van der Waals surface area contributed by atoms with Crippen LogP contribution in [0.25, 0.3) is 0 Å². The van der Waals surface area contributed by atoms with Crippen LogP contribution in [0.5, 0.6) is 0 Å². The highest BCUT2D eigenvalue weighted by atomic mass is 79.9. The first-order valence-corrected chi connectivity index (χ1v) is 9.48. The molecule has 16 heavy (non-hydrogen) atoms. The third-order valence-corrected chi connectivity index (χ3v) is 8.69. The Hall–Kier alpha value is -0.283. The second-order valence-corrected chi connectivity index (χ2v) is 9.83. The van der Waals surface area contributed by atoms with Crippen LogP contribution in [0.3, 0.4) is 0 Å². The molecule has 0 heterocycles. The molecule has 90 valence electrons. The first-order chi connectivity index (χ1) is 7.67. The molecule has 0 aromatic carbocycles. The van der Waals surface area contributed by atoms with E-state index in [2.05, 4.69) is 61.0 Å². The van der Waals surface area contributed by atoms with Gasteiger partial charge in [-0.2, -0.15) is 0 Å². The highest BCUT2D eigenvalue weighted by Crippen LogP contribution is 2.25. The minimum Gasteiger partial charge on any atom is -0.549 e. The van der Waals surface area contributed by atoms with E-state index in [0.717, 1.165) is 0 Å². The predicted octanol–water partition coefficient (Wildman–Crippen LogP) is 4.78. The van der Waals surface area contributed by atoms with Crippen LogP contribution in [0.15, 0.2) is 36.1 Å². The fourth-order valence-corrected chi connectivity index (χ4v) is 4.65. The Morgan fingerprint density at radius 1 is 1.25 bits per heavy atom. The molecule has 0 saturated heterocycles. The molecule has 0 bridgehead atoms. The lowest BCUT2D eigenvalue weighted by molar-refractivity contribution is 0.453. The standard InChI is InChI=1S/C13H21BrOSi/c1-4-16(5-2,6-3)15-11-12-9-7-8-10-13(12)14/h7-11,13H,4-6H2,1-3H3. The van der Waals surface area contributed by atoms with Gasteiger partial charge < -0.3 is 4.43 Å². The van der Waals surface area contributed by atoms with Crippen LogP contribution in [-0.2, 0) is 4.43 Å². The molecule has 0 N–H and O–H groups in total. The van der Waals surface area contributed by atoms with Gasteiger partial charge in [-0.1, -0.05) is 61.0 Å². The molecule has 0 aliphatic heterocycles. The molecule has 1 atom stereocenters. The van der Waals surface area contributed by atoms with E-state index in [1.54, 1.807) is 0 Å². The van der Waals surface area contributed by atoms with Gasteiger partial charge in [-0.15, -0.1) is 0 Å². The van der Waals surface area contributed by atoms with Gasteiger partial charge in [0.05, 0.1) is 11.1 Å². The molecule has 0 aromatic rings. The molecule has 3 heteroatoms. The van der Waals surface area contributed by atoms with Crippen LogP contribution in [0, 0.1) is 0 Å². The minimum atomic E-state index is -1.49. The molecule has 0 fully saturated rings. The Morgan fingerprint density at radius 3 is 2.38 bits per heavy atom. The fourth-order valence-electron chi connectivity index (χ4n) is 1.83. The summed E-state index contributed by atoms with van der Waals surface area (Å²) in [6.07, 6.45) is 10.3. The lowest BCUT2D eigenvalue weighted by Crippen LogP contribution is -2.33. The summed E-state index contributed by atoms with van der Waals surface area (Å²) in [5.74, 6) is 0. The molecule has 1 unspecified atom stereocenters. The lowest BCUT2D eigenvalue weighted by atomic mass is 10.1. The second kappa shape index (κ2) is 6.45. The zero-order valence-corrected chi connectivity index (χ0v) is 13.0. The Balaban J connectivity index is 2.70. The molecular weight excluding hydrogens is 280 g/mol. The third kappa shape index (κ3) is 3.35. The molecule has 0 amide bonds. The summed E-state index contributed by atoms with van der Waals surface area (Å²) in [5, 5.41) is 0. The number of halogens is 1. The third-order valence-electron chi connectivity index (χ3n) is 3.38. The number of alkyl halides is 1. The largest absolute Gasteiger partial charge is 0.549 e. The van der Waals surface area contributed by atoms with E-state index in [-0.39, 0.29) is 0 Å². The number of hydrogen-bond acceptors (Lipinski definition) is 1. The Bertz CT molecular complexity index is 295. The van der Waals surface area contributed by atoms with Crippen LogP contribution in [0.1, 0.15) is 20.8 Å². The van der Waals surface area contributed by atoms with Crippen molar-refractivity contribution in [2.24, 2.45) is 0 Å². The Labute approximate surface area is 109 Å². The summed E-state index contributed by atoms with van der Waals surface area (Å²) in [6.45, 7) is 6.75. The van der Waals surface area contributed by atoms with Crippen molar-refractivity contribution in [1.29, 1.82) is 0 Å². The fraction of sp³-hybridized carbons (Fsp3) is 0.538. The quantitative estimate of drug-likeness (QED) is 0.403. The van der Waals surface area contributed by atoms with Crippen molar-refractivity contribution in [3.8, 4) is 0 Å². The van der Waals surface area contributed by atoms with Crippen molar-refractivity contribution in [1.82, 2.24) is 0 Å². The van der Waals surface area contributed by atoms with Crippen LogP contribution in [0.2, 0.25) is 18.1 Å². The number of hydrogen-bond donors (Lipinski definition) is 0. The van der Waals surface area contributed by atoms with Gasteiger partial charge in [-0.3, -0.25) is 0 Å². The van der Waals surface area contributed by atoms with Crippen LogP contribution >= 0.6 is 15.9 Å². The van der Waals surface area contributed by atoms with E-state index < -0.39 is 8.32 Å². The first kappa shape index (κ1) is 13.8. The molecule has 0 aromatic heterocycles. The van der Waals surface area contributed by atoms with Crippen molar-refractivity contribution in [3.63, 3.8) is 0 Å².